The topological polar surface area (TPSA) is 88.1 Å². The predicted octanol–water partition coefficient (Wildman–Crippen LogP) is 3.20. The number of rotatable bonds is 9. The molecular weight excluding hydrogens is 364 g/mol. The number of ether oxygens (including phenoxy) is 4. The third-order valence-corrected chi connectivity index (χ3v) is 4.04. The van der Waals surface area contributed by atoms with Gasteiger partial charge >= 0.3 is 11.9 Å². The van der Waals surface area contributed by atoms with Crippen LogP contribution in [-0.4, -0.2) is 39.1 Å². The summed E-state index contributed by atoms with van der Waals surface area (Å²) in [7, 11) is 4.31. The molecule has 2 aromatic carbocycles. The maximum absolute atomic E-state index is 12.3. The van der Waals surface area contributed by atoms with Gasteiger partial charge in [0.15, 0.2) is 17.3 Å². The summed E-state index contributed by atoms with van der Waals surface area (Å²) in [4.78, 5) is 35.6. The van der Waals surface area contributed by atoms with Crippen molar-refractivity contribution in [2.24, 2.45) is 0 Å². The first-order valence-electron chi connectivity index (χ1n) is 8.56. The summed E-state index contributed by atoms with van der Waals surface area (Å²) in [5.41, 5.74) is 1.58. The highest BCUT2D eigenvalue weighted by atomic mass is 16.5. The van der Waals surface area contributed by atoms with Crippen molar-refractivity contribution in [3.63, 3.8) is 0 Å². The molecule has 0 aliphatic carbocycles. The molecule has 0 aromatic heterocycles. The molecule has 0 unspecified atom stereocenters. The highest BCUT2D eigenvalue weighted by Gasteiger charge is 2.13. The van der Waals surface area contributed by atoms with E-state index in [2.05, 4.69) is 4.74 Å². The van der Waals surface area contributed by atoms with Gasteiger partial charge in [0.05, 0.1) is 33.3 Å². The van der Waals surface area contributed by atoms with E-state index in [-0.39, 0.29) is 25.2 Å². The van der Waals surface area contributed by atoms with E-state index in [1.165, 1.54) is 21.3 Å². The lowest BCUT2D eigenvalue weighted by molar-refractivity contribution is -0.144. The first-order valence-corrected chi connectivity index (χ1v) is 8.56. The number of esters is 2. The number of methoxy groups -OCH3 is 3. The summed E-state index contributed by atoms with van der Waals surface area (Å²) in [6.45, 7) is 0.0604. The maximum Gasteiger partial charge on any atom is 0.337 e. The molecule has 0 aliphatic heterocycles. The Bertz CT molecular complexity index is 840. The van der Waals surface area contributed by atoms with Gasteiger partial charge in [-0.05, 0) is 35.9 Å². The average molecular weight is 386 g/mol. The number of carbonyl (C=O) groups excluding carboxylic acids is 3. The van der Waals surface area contributed by atoms with Crippen molar-refractivity contribution < 1.29 is 33.3 Å². The van der Waals surface area contributed by atoms with Crippen LogP contribution in [0.3, 0.4) is 0 Å². The van der Waals surface area contributed by atoms with Crippen LogP contribution in [0.15, 0.2) is 42.5 Å². The second-order valence-electron chi connectivity index (χ2n) is 5.84. The summed E-state index contributed by atoms with van der Waals surface area (Å²) >= 11 is 0. The van der Waals surface area contributed by atoms with Gasteiger partial charge in [0.1, 0.15) is 6.61 Å². The zero-order valence-electron chi connectivity index (χ0n) is 16.0. The fourth-order valence-corrected chi connectivity index (χ4v) is 2.46. The van der Waals surface area contributed by atoms with E-state index in [1.807, 2.05) is 0 Å². The number of carbonyl (C=O) groups is 3. The second kappa shape index (κ2) is 10.1. The molecule has 2 aromatic rings. The SMILES string of the molecule is COC(=O)c1ccc(COC(=O)CCC(=O)c2ccc(OC)c(OC)c2)cc1. The molecule has 0 radical (unpaired) electrons. The molecule has 0 atom stereocenters. The summed E-state index contributed by atoms with van der Waals surface area (Å²) in [6, 6.07) is 11.4. The summed E-state index contributed by atoms with van der Waals surface area (Å²) in [6.07, 6.45) is -0.0109. The fourth-order valence-electron chi connectivity index (χ4n) is 2.46. The Hall–Kier alpha value is -3.35. The van der Waals surface area contributed by atoms with Gasteiger partial charge in [0.25, 0.3) is 0 Å². The molecule has 7 nitrogen and oxygen atoms in total. The Morgan fingerprint density at radius 2 is 1.43 bits per heavy atom. The minimum atomic E-state index is -0.481. The van der Waals surface area contributed by atoms with Crippen LogP contribution in [0, 0.1) is 0 Å². The van der Waals surface area contributed by atoms with E-state index >= 15 is 0 Å². The van der Waals surface area contributed by atoms with Crippen molar-refractivity contribution in [2.75, 3.05) is 21.3 Å². The lowest BCUT2D eigenvalue weighted by Crippen LogP contribution is -2.09. The van der Waals surface area contributed by atoms with E-state index in [1.54, 1.807) is 42.5 Å². The van der Waals surface area contributed by atoms with Gasteiger partial charge in [-0.1, -0.05) is 12.1 Å². The molecule has 0 N–H and O–H groups in total. The second-order valence-corrected chi connectivity index (χ2v) is 5.84. The zero-order valence-corrected chi connectivity index (χ0v) is 16.0. The van der Waals surface area contributed by atoms with Crippen LogP contribution in [0.5, 0.6) is 11.5 Å². The van der Waals surface area contributed by atoms with Gasteiger partial charge in [-0.3, -0.25) is 9.59 Å². The summed E-state index contributed by atoms with van der Waals surface area (Å²) in [5.74, 6) is -0.133. The number of benzene rings is 2. The molecule has 0 fully saturated rings. The van der Waals surface area contributed by atoms with Gasteiger partial charge in [-0.15, -0.1) is 0 Å². The van der Waals surface area contributed by atoms with E-state index in [0.29, 0.717) is 22.6 Å². The molecule has 0 saturated heterocycles. The van der Waals surface area contributed by atoms with Crippen molar-refractivity contribution in [3.05, 3.63) is 59.2 Å². The van der Waals surface area contributed by atoms with Crippen molar-refractivity contribution in [2.45, 2.75) is 19.4 Å². The molecule has 28 heavy (non-hydrogen) atoms. The van der Waals surface area contributed by atoms with Gasteiger partial charge in [0.2, 0.25) is 0 Å². The predicted molar refractivity (Wildman–Crippen MR) is 101 cm³/mol. The average Bonchev–Trinajstić information content (AvgIpc) is 2.75. The molecular formula is C21H22O7. The molecule has 2 rings (SSSR count). The zero-order chi connectivity index (χ0) is 20.5. The van der Waals surface area contributed by atoms with Crippen molar-refractivity contribution in [1.82, 2.24) is 0 Å². The minimum absolute atomic E-state index is 0.0234. The first-order chi connectivity index (χ1) is 13.5. The maximum atomic E-state index is 12.3. The minimum Gasteiger partial charge on any atom is -0.493 e. The monoisotopic (exact) mass is 386 g/mol. The summed E-state index contributed by atoms with van der Waals surface area (Å²) < 4.78 is 20.1. The van der Waals surface area contributed by atoms with Crippen LogP contribution in [0.1, 0.15) is 39.1 Å². The Morgan fingerprint density at radius 1 is 0.786 bits per heavy atom. The molecule has 7 heteroatoms. The Kier molecular flexibility index (Phi) is 7.56. The third-order valence-electron chi connectivity index (χ3n) is 4.04. The van der Waals surface area contributed by atoms with E-state index < -0.39 is 11.9 Å². The fraction of sp³-hybridized carbons (Fsp3) is 0.286. The van der Waals surface area contributed by atoms with E-state index in [9.17, 15) is 14.4 Å². The number of hydrogen-bond donors (Lipinski definition) is 0. The van der Waals surface area contributed by atoms with Gasteiger partial charge < -0.3 is 18.9 Å². The van der Waals surface area contributed by atoms with Gasteiger partial charge in [-0.25, -0.2) is 4.79 Å². The van der Waals surface area contributed by atoms with E-state index in [4.69, 9.17) is 14.2 Å². The first kappa shape index (κ1) is 21.0. The molecule has 0 spiro atoms. The molecule has 0 heterocycles. The quantitative estimate of drug-likeness (QED) is 0.483. The Labute approximate surface area is 163 Å². The number of ketones is 1. The summed E-state index contributed by atoms with van der Waals surface area (Å²) in [5, 5.41) is 0. The largest absolute Gasteiger partial charge is 0.493 e. The molecule has 0 saturated carbocycles. The normalized spacial score (nSPS) is 10.1. The van der Waals surface area contributed by atoms with Crippen LogP contribution in [0.4, 0.5) is 0 Å². The van der Waals surface area contributed by atoms with Crippen molar-refractivity contribution in [1.29, 1.82) is 0 Å². The lowest BCUT2D eigenvalue weighted by Gasteiger charge is -2.09. The molecule has 148 valence electrons. The highest BCUT2D eigenvalue weighted by Crippen LogP contribution is 2.28. The van der Waals surface area contributed by atoms with Crippen LogP contribution in [0.2, 0.25) is 0 Å². The van der Waals surface area contributed by atoms with E-state index in [0.717, 1.165) is 5.56 Å². The number of Topliss-reactive ketones (excluding diaryl/α,β-unsaturated/α-hetero) is 1. The standard InChI is InChI=1S/C21H22O7/c1-25-18-10-8-16(12-19(18)26-2)17(22)9-11-20(23)28-13-14-4-6-15(7-5-14)21(24)27-3/h4-8,10,12H,9,11,13H2,1-3H3. The van der Waals surface area contributed by atoms with Crippen LogP contribution >= 0.6 is 0 Å². The number of hydrogen-bond acceptors (Lipinski definition) is 7. The molecule has 0 bridgehead atoms. The van der Waals surface area contributed by atoms with Gasteiger partial charge in [-0.2, -0.15) is 0 Å². The van der Waals surface area contributed by atoms with Crippen LogP contribution in [-0.2, 0) is 20.9 Å². The molecule has 0 aliphatic rings. The third kappa shape index (κ3) is 5.57. The highest BCUT2D eigenvalue weighted by molar-refractivity contribution is 5.98. The Morgan fingerprint density at radius 3 is 2.04 bits per heavy atom. The smallest absolute Gasteiger partial charge is 0.337 e. The lowest BCUT2D eigenvalue weighted by atomic mass is 10.1. The molecule has 0 amide bonds. The Balaban J connectivity index is 1.83. The van der Waals surface area contributed by atoms with Gasteiger partial charge in [0, 0.05) is 12.0 Å². The van der Waals surface area contributed by atoms with Crippen LogP contribution in [0.25, 0.3) is 0 Å². The van der Waals surface area contributed by atoms with Crippen molar-refractivity contribution >= 4 is 17.7 Å². The van der Waals surface area contributed by atoms with Crippen molar-refractivity contribution in [3.8, 4) is 11.5 Å². The van der Waals surface area contributed by atoms with Crippen LogP contribution < -0.4 is 9.47 Å².